The van der Waals surface area contributed by atoms with Gasteiger partial charge in [0.25, 0.3) is 0 Å². The van der Waals surface area contributed by atoms with E-state index < -0.39 is 6.29 Å². The van der Waals surface area contributed by atoms with Crippen molar-refractivity contribution in [2.75, 3.05) is 6.79 Å². The Morgan fingerprint density at radius 1 is 0.960 bits per heavy atom. The zero-order chi connectivity index (χ0) is 17.6. The molecule has 2 heterocycles. The van der Waals surface area contributed by atoms with Gasteiger partial charge in [-0.05, 0) is 41.2 Å². The van der Waals surface area contributed by atoms with Crippen LogP contribution in [-0.4, -0.2) is 13.1 Å². The van der Waals surface area contributed by atoms with E-state index in [9.17, 15) is 4.39 Å². The largest absolute Gasteiger partial charge is 0.454 e. The van der Waals surface area contributed by atoms with E-state index in [1.807, 2.05) is 19.1 Å². The first kappa shape index (κ1) is 16.1. The van der Waals surface area contributed by atoms with E-state index in [0.29, 0.717) is 29.4 Å². The highest BCUT2D eigenvalue weighted by Gasteiger charge is 2.29. The molecule has 0 saturated heterocycles. The fourth-order valence-electron chi connectivity index (χ4n) is 3.20. The molecule has 2 aliphatic heterocycles. The number of benzene rings is 2. The molecule has 5 heteroatoms. The molecule has 2 unspecified atom stereocenters. The van der Waals surface area contributed by atoms with E-state index in [4.69, 9.17) is 18.9 Å². The van der Waals surface area contributed by atoms with Crippen molar-refractivity contribution in [1.82, 2.24) is 0 Å². The molecule has 4 nitrogen and oxygen atoms in total. The Hall–Kier alpha value is -2.43. The van der Waals surface area contributed by atoms with Crippen molar-refractivity contribution in [2.45, 2.75) is 45.3 Å². The van der Waals surface area contributed by atoms with E-state index in [1.54, 1.807) is 6.07 Å². The predicted molar refractivity (Wildman–Crippen MR) is 91.1 cm³/mol. The summed E-state index contributed by atoms with van der Waals surface area (Å²) in [4.78, 5) is 0. The van der Waals surface area contributed by atoms with E-state index in [-0.39, 0.29) is 18.5 Å². The molecule has 0 amide bonds. The molecule has 0 spiro atoms. The monoisotopic (exact) mass is 344 g/mol. The van der Waals surface area contributed by atoms with Crippen LogP contribution in [0.4, 0.5) is 4.39 Å². The second kappa shape index (κ2) is 6.14. The molecule has 0 aliphatic carbocycles. The number of rotatable bonds is 4. The summed E-state index contributed by atoms with van der Waals surface area (Å²) < 4.78 is 36.7. The van der Waals surface area contributed by atoms with Crippen molar-refractivity contribution in [3.8, 4) is 23.0 Å². The number of ether oxygens (including phenoxy) is 4. The van der Waals surface area contributed by atoms with E-state index in [1.165, 1.54) is 11.6 Å². The lowest BCUT2D eigenvalue weighted by Gasteiger charge is -2.17. The third kappa shape index (κ3) is 2.99. The van der Waals surface area contributed by atoms with Crippen molar-refractivity contribution in [3.05, 3.63) is 47.3 Å². The average molecular weight is 344 g/mol. The summed E-state index contributed by atoms with van der Waals surface area (Å²) >= 11 is 0. The first-order chi connectivity index (χ1) is 12.0. The van der Waals surface area contributed by atoms with E-state index in [2.05, 4.69) is 19.9 Å². The molecule has 0 radical (unpaired) electrons. The Labute approximate surface area is 146 Å². The number of fused-ring (bicyclic) bond motifs is 2. The number of halogens is 1. The lowest BCUT2D eigenvalue weighted by atomic mass is 9.96. The summed E-state index contributed by atoms with van der Waals surface area (Å²) in [6, 6.07) is 9.11. The second-order valence-corrected chi connectivity index (χ2v) is 6.89. The lowest BCUT2D eigenvalue weighted by Crippen LogP contribution is -2.20. The van der Waals surface area contributed by atoms with Crippen LogP contribution in [0.3, 0.4) is 0 Å². The van der Waals surface area contributed by atoms with Crippen molar-refractivity contribution in [3.63, 3.8) is 0 Å². The lowest BCUT2D eigenvalue weighted by molar-refractivity contribution is 0.0365. The van der Waals surface area contributed by atoms with Gasteiger partial charge in [-0.25, -0.2) is 4.39 Å². The highest BCUT2D eigenvalue weighted by molar-refractivity contribution is 5.47. The Balaban J connectivity index is 1.48. The van der Waals surface area contributed by atoms with Gasteiger partial charge >= 0.3 is 0 Å². The Bertz CT molecular complexity index is 803. The van der Waals surface area contributed by atoms with Gasteiger partial charge in [-0.1, -0.05) is 26.8 Å². The molecule has 0 aromatic heterocycles. The van der Waals surface area contributed by atoms with Crippen LogP contribution in [0.5, 0.6) is 23.0 Å². The number of hydrogen-bond acceptors (Lipinski definition) is 4. The summed E-state index contributed by atoms with van der Waals surface area (Å²) in [6.07, 6.45) is 0.125. The molecule has 132 valence electrons. The molecular weight excluding hydrogens is 323 g/mol. The van der Waals surface area contributed by atoms with Crippen LogP contribution < -0.4 is 18.9 Å². The van der Waals surface area contributed by atoms with Gasteiger partial charge in [0.2, 0.25) is 13.1 Å². The first-order valence-corrected chi connectivity index (χ1v) is 8.57. The maximum absolute atomic E-state index is 14.4. The van der Waals surface area contributed by atoms with Crippen LogP contribution in [0.15, 0.2) is 30.3 Å². The Kier molecular flexibility index (Phi) is 3.94. The van der Waals surface area contributed by atoms with Gasteiger partial charge in [0.05, 0.1) is 0 Å². The molecule has 2 aliphatic rings. The third-order valence-electron chi connectivity index (χ3n) is 4.72. The fourth-order valence-corrected chi connectivity index (χ4v) is 3.20. The summed E-state index contributed by atoms with van der Waals surface area (Å²) in [5.74, 6) is 2.58. The van der Waals surface area contributed by atoms with E-state index >= 15 is 0 Å². The maximum Gasteiger partial charge on any atom is 0.242 e. The highest BCUT2D eigenvalue weighted by atomic mass is 19.1. The molecule has 2 aromatic rings. The first-order valence-electron chi connectivity index (χ1n) is 8.57. The third-order valence-corrected chi connectivity index (χ3v) is 4.72. The molecular formula is C20H21FO4. The van der Waals surface area contributed by atoms with Gasteiger partial charge < -0.3 is 18.9 Å². The van der Waals surface area contributed by atoms with Crippen LogP contribution in [0.1, 0.15) is 50.2 Å². The van der Waals surface area contributed by atoms with Crippen LogP contribution in [0.25, 0.3) is 0 Å². The molecule has 4 rings (SSSR count). The SMILES string of the molecule is CC(C)c1ccc2c(c1)OC(CC(C)c1cc3c(cc1F)OCO3)O2. The van der Waals surface area contributed by atoms with Gasteiger partial charge in [0.1, 0.15) is 5.82 Å². The molecule has 2 aromatic carbocycles. The summed E-state index contributed by atoms with van der Waals surface area (Å²) in [5, 5.41) is 0. The Morgan fingerprint density at radius 2 is 1.68 bits per heavy atom. The normalized spacial score (nSPS) is 18.7. The predicted octanol–water partition coefficient (Wildman–Crippen LogP) is 4.97. The van der Waals surface area contributed by atoms with Gasteiger partial charge in [-0.3, -0.25) is 0 Å². The Morgan fingerprint density at radius 3 is 2.44 bits per heavy atom. The molecule has 0 bridgehead atoms. The van der Waals surface area contributed by atoms with Crippen LogP contribution in [0, 0.1) is 5.82 Å². The van der Waals surface area contributed by atoms with E-state index in [0.717, 1.165) is 11.5 Å². The zero-order valence-corrected chi connectivity index (χ0v) is 14.5. The molecule has 25 heavy (non-hydrogen) atoms. The minimum Gasteiger partial charge on any atom is -0.454 e. The summed E-state index contributed by atoms with van der Waals surface area (Å²) in [7, 11) is 0. The molecule has 0 N–H and O–H groups in total. The summed E-state index contributed by atoms with van der Waals surface area (Å²) in [6.45, 7) is 6.36. The van der Waals surface area contributed by atoms with Crippen molar-refractivity contribution >= 4 is 0 Å². The van der Waals surface area contributed by atoms with Gasteiger partial charge in [-0.15, -0.1) is 0 Å². The van der Waals surface area contributed by atoms with Crippen LogP contribution >= 0.6 is 0 Å². The average Bonchev–Trinajstić information content (AvgIpc) is 3.18. The zero-order valence-electron chi connectivity index (χ0n) is 14.5. The van der Waals surface area contributed by atoms with Crippen molar-refractivity contribution < 1.29 is 23.3 Å². The van der Waals surface area contributed by atoms with Gasteiger partial charge in [0, 0.05) is 12.5 Å². The quantitative estimate of drug-likeness (QED) is 0.785. The highest BCUT2D eigenvalue weighted by Crippen LogP contribution is 2.41. The molecule has 0 saturated carbocycles. The van der Waals surface area contributed by atoms with Crippen molar-refractivity contribution in [2.24, 2.45) is 0 Å². The minimum absolute atomic E-state index is 0.0848. The second-order valence-electron chi connectivity index (χ2n) is 6.89. The standard InChI is InChI=1S/C20H21FO4/c1-11(2)13-4-5-16-19(7-13)25-20(24-16)6-12(3)14-8-17-18(9-15(14)21)23-10-22-17/h4-5,7-9,11-12,20H,6,10H2,1-3H3. The van der Waals surface area contributed by atoms with Gasteiger partial charge in [0.15, 0.2) is 23.0 Å². The van der Waals surface area contributed by atoms with Crippen LogP contribution in [-0.2, 0) is 0 Å². The topological polar surface area (TPSA) is 36.9 Å². The smallest absolute Gasteiger partial charge is 0.242 e. The number of hydrogen-bond donors (Lipinski definition) is 0. The molecule has 2 atom stereocenters. The minimum atomic E-state index is -0.419. The maximum atomic E-state index is 14.4. The summed E-state index contributed by atoms with van der Waals surface area (Å²) in [5.41, 5.74) is 1.79. The van der Waals surface area contributed by atoms with Crippen LogP contribution in [0.2, 0.25) is 0 Å². The molecule has 0 fully saturated rings. The van der Waals surface area contributed by atoms with Crippen molar-refractivity contribution in [1.29, 1.82) is 0 Å². The fraction of sp³-hybridized carbons (Fsp3) is 0.400. The van der Waals surface area contributed by atoms with Gasteiger partial charge in [-0.2, -0.15) is 0 Å².